The lowest BCUT2D eigenvalue weighted by Gasteiger charge is -2.33. The monoisotopic (exact) mass is 374 g/mol. The van der Waals surface area contributed by atoms with Crippen molar-refractivity contribution in [3.8, 4) is 11.5 Å². The van der Waals surface area contributed by atoms with Crippen molar-refractivity contribution in [2.24, 2.45) is 5.73 Å². The largest absolute Gasteiger partial charge is 0.482 e. The van der Waals surface area contributed by atoms with Gasteiger partial charge in [-0.15, -0.1) is 12.4 Å². The first kappa shape index (κ1) is 18.5. The third-order valence-corrected chi connectivity index (χ3v) is 4.99. The van der Waals surface area contributed by atoms with Gasteiger partial charge >= 0.3 is 0 Å². The van der Waals surface area contributed by atoms with E-state index in [1.807, 2.05) is 49.4 Å². The molecule has 1 fully saturated rings. The van der Waals surface area contributed by atoms with Gasteiger partial charge in [-0.05, 0) is 24.6 Å². The lowest BCUT2D eigenvalue weighted by molar-refractivity contribution is -0.143. The van der Waals surface area contributed by atoms with Gasteiger partial charge in [0.25, 0.3) is 5.91 Å². The van der Waals surface area contributed by atoms with Crippen LogP contribution >= 0.6 is 12.4 Å². The number of amides is 1. The van der Waals surface area contributed by atoms with E-state index in [0.29, 0.717) is 24.6 Å². The minimum Gasteiger partial charge on any atom is -0.482 e. The van der Waals surface area contributed by atoms with Crippen LogP contribution in [0.5, 0.6) is 11.5 Å². The molecule has 2 aliphatic heterocycles. The molecule has 2 aliphatic rings. The van der Waals surface area contributed by atoms with Gasteiger partial charge < -0.3 is 20.1 Å². The summed E-state index contributed by atoms with van der Waals surface area (Å²) in [6, 6.07) is 17.5. The van der Waals surface area contributed by atoms with Crippen LogP contribution in [-0.4, -0.2) is 42.1 Å². The van der Waals surface area contributed by atoms with Crippen molar-refractivity contribution in [2.45, 2.75) is 31.1 Å². The van der Waals surface area contributed by atoms with Crippen LogP contribution in [0.15, 0.2) is 54.6 Å². The Bertz CT molecular complexity index is 771. The van der Waals surface area contributed by atoms with Crippen LogP contribution in [0.3, 0.4) is 0 Å². The summed E-state index contributed by atoms with van der Waals surface area (Å²) in [7, 11) is 0. The zero-order chi connectivity index (χ0) is 17.4. The number of carbonyl (C=O) groups excluding carboxylic acids is 1. The molecule has 1 amide bonds. The van der Waals surface area contributed by atoms with Crippen LogP contribution in [0.25, 0.3) is 0 Å². The molecule has 0 aromatic heterocycles. The number of carbonyl (C=O) groups is 1. The molecule has 0 bridgehead atoms. The summed E-state index contributed by atoms with van der Waals surface area (Å²) < 4.78 is 11.8. The number of hydrogen-bond acceptors (Lipinski definition) is 4. The second-order valence-electron chi connectivity index (χ2n) is 6.73. The predicted molar refractivity (Wildman–Crippen MR) is 102 cm³/mol. The zero-order valence-electron chi connectivity index (χ0n) is 14.6. The van der Waals surface area contributed by atoms with Gasteiger partial charge in [0, 0.05) is 25.0 Å². The van der Waals surface area contributed by atoms with E-state index < -0.39 is 6.10 Å². The Kier molecular flexibility index (Phi) is 5.39. The van der Waals surface area contributed by atoms with Gasteiger partial charge in [0.1, 0.15) is 6.10 Å². The number of ether oxygens (including phenoxy) is 2. The lowest BCUT2D eigenvalue weighted by Crippen LogP contribution is -2.50. The van der Waals surface area contributed by atoms with Gasteiger partial charge in [-0.2, -0.15) is 0 Å². The van der Waals surface area contributed by atoms with Crippen molar-refractivity contribution in [2.75, 3.05) is 13.1 Å². The van der Waals surface area contributed by atoms with Gasteiger partial charge in [-0.3, -0.25) is 4.79 Å². The van der Waals surface area contributed by atoms with Gasteiger partial charge in [-0.1, -0.05) is 42.5 Å². The fourth-order valence-electron chi connectivity index (χ4n) is 3.63. The van der Waals surface area contributed by atoms with Crippen molar-refractivity contribution < 1.29 is 14.3 Å². The maximum absolute atomic E-state index is 13.0. The number of para-hydroxylation sites is 2. The third-order valence-electron chi connectivity index (χ3n) is 4.99. The molecule has 2 aromatic rings. The summed E-state index contributed by atoms with van der Waals surface area (Å²) in [6.07, 6.45) is -0.981. The number of nitrogens with zero attached hydrogens (tertiary/aromatic N) is 1. The van der Waals surface area contributed by atoms with Crippen LogP contribution in [0.1, 0.15) is 18.4 Å². The Hall–Kier alpha value is -2.24. The second kappa shape index (κ2) is 7.56. The fraction of sp³-hybridized carbons (Fsp3) is 0.350. The van der Waals surface area contributed by atoms with Gasteiger partial charge in [0.05, 0.1) is 0 Å². The summed E-state index contributed by atoms with van der Waals surface area (Å²) in [4.78, 5) is 14.8. The number of hydrogen-bond donors (Lipinski definition) is 1. The molecule has 0 saturated carbocycles. The molecule has 1 saturated heterocycles. The first-order chi connectivity index (χ1) is 12.1. The Balaban J connectivity index is 0.00000196. The second-order valence-corrected chi connectivity index (χ2v) is 6.73. The molecule has 4 atom stereocenters. The number of nitrogens with two attached hydrogens (primary N) is 1. The van der Waals surface area contributed by atoms with E-state index in [1.54, 1.807) is 4.90 Å². The standard InChI is InChI=1S/C20H22N2O3.ClH/c1-13-19(25-18-10-6-5-9-17(18)24-13)20(23)22-11-15(16(21)12-22)14-7-3-2-4-8-14;/h2-10,13,15-16,19H,11-12,21H2,1H3;1H/t13?,15-,16+,19?;/m0./s1. The van der Waals surface area contributed by atoms with Crippen LogP contribution in [0, 0.1) is 0 Å². The fourth-order valence-corrected chi connectivity index (χ4v) is 3.63. The van der Waals surface area contributed by atoms with E-state index in [1.165, 1.54) is 5.56 Å². The number of benzene rings is 2. The molecule has 2 N–H and O–H groups in total. The molecule has 5 nitrogen and oxygen atoms in total. The highest BCUT2D eigenvalue weighted by Gasteiger charge is 2.41. The normalized spacial score (nSPS) is 26.9. The van der Waals surface area contributed by atoms with Crippen LogP contribution in [-0.2, 0) is 4.79 Å². The molecule has 2 aromatic carbocycles. The molecule has 26 heavy (non-hydrogen) atoms. The molecule has 0 aliphatic carbocycles. The Morgan fingerprint density at radius 3 is 2.31 bits per heavy atom. The quantitative estimate of drug-likeness (QED) is 0.877. The van der Waals surface area contributed by atoms with Crippen molar-refractivity contribution in [3.63, 3.8) is 0 Å². The van der Waals surface area contributed by atoms with Crippen molar-refractivity contribution >= 4 is 18.3 Å². The highest BCUT2D eigenvalue weighted by atomic mass is 35.5. The molecular formula is C20H23ClN2O3. The highest BCUT2D eigenvalue weighted by Crippen LogP contribution is 2.35. The third kappa shape index (κ3) is 3.37. The number of likely N-dealkylation sites (tertiary alicyclic amines) is 1. The lowest BCUT2D eigenvalue weighted by atomic mass is 9.95. The predicted octanol–water partition coefficient (Wildman–Crippen LogP) is 2.59. The summed E-state index contributed by atoms with van der Waals surface area (Å²) >= 11 is 0. The van der Waals surface area contributed by atoms with Crippen molar-refractivity contribution in [1.29, 1.82) is 0 Å². The number of halogens is 1. The van der Waals surface area contributed by atoms with Crippen molar-refractivity contribution in [3.05, 3.63) is 60.2 Å². The number of fused-ring (bicyclic) bond motifs is 1. The van der Waals surface area contributed by atoms with Gasteiger partial charge in [-0.25, -0.2) is 0 Å². The molecule has 138 valence electrons. The zero-order valence-corrected chi connectivity index (χ0v) is 15.4. The first-order valence-electron chi connectivity index (χ1n) is 8.65. The Labute approximate surface area is 159 Å². The average Bonchev–Trinajstić information content (AvgIpc) is 3.03. The highest BCUT2D eigenvalue weighted by molar-refractivity contribution is 5.85. The summed E-state index contributed by atoms with van der Waals surface area (Å²) in [5.41, 5.74) is 7.48. The van der Waals surface area contributed by atoms with E-state index >= 15 is 0 Å². The molecular weight excluding hydrogens is 352 g/mol. The minimum absolute atomic E-state index is 0. The van der Waals surface area contributed by atoms with Crippen LogP contribution in [0.2, 0.25) is 0 Å². The average molecular weight is 375 g/mol. The summed E-state index contributed by atoms with van der Waals surface area (Å²) in [5, 5.41) is 0. The maximum atomic E-state index is 13.0. The first-order valence-corrected chi connectivity index (χ1v) is 8.65. The van der Waals surface area contributed by atoms with Gasteiger partial charge in [0.15, 0.2) is 11.5 Å². The molecule has 0 spiro atoms. The van der Waals surface area contributed by atoms with E-state index in [-0.39, 0.29) is 36.4 Å². The van der Waals surface area contributed by atoms with Crippen LogP contribution in [0.4, 0.5) is 0 Å². The molecule has 2 heterocycles. The Morgan fingerprint density at radius 2 is 1.62 bits per heavy atom. The SMILES string of the molecule is CC1Oc2ccccc2OC1C(=O)N1C[C@@H](N)[C@H](c2ccccc2)C1.Cl. The van der Waals surface area contributed by atoms with Gasteiger partial charge in [0.2, 0.25) is 6.10 Å². The van der Waals surface area contributed by atoms with E-state index in [9.17, 15) is 4.79 Å². The molecule has 4 rings (SSSR count). The van der Waals surface area contributed by atoms with E-state index in [0.717, 1.165) is 0 Å². The topological polar surface area (TPSA) is 64.8 Å². The molecule has 6 heteroatoms. The number of rotatable bonds is 2. The molecule has 0 radical (unpaired) electrons. The van der Waals surface area contributed by atoms with Crippen molar-refractivity contribution in [1.82, 2.24) is 4.90 Å². The summed E-state index contributed by atoms with van der Waals surface area (Å²) in [6.45, 7) is 3.01. The smallest absolute Gasteiger partial charge is 0.267 e. The Morgan fingerprint density at radius 1 is 1.00 bits per heavy atom. The summed E-state index contributed by atoms with van der Waals surface area (Å²) in [5.74, 6) is 1.38. The van der Waals surface area contributed by atoms with E-state index in [4.69, 9.17) is 15.2 Å². The van der Waals surface area contributed by atoms with E-state index in [2.05, 4.69) is 12.1 Å². The maximum Gasteiger partial charge on any atom is 0.267 e. The minimum atomic E-state index is -0.642. The van der Waals surface area contributed by atoms with Crippen LogP contribution < -0.4 is 15.2 Å². The molecule has 2 unspecified atom stereocenters.